The van der Waals surface area contributed by atoms with Crippen LogP contribution in [0.25, 0.3) is 5.57 Å². The summed E-state index contributed by atoms with van der Waals surface area (Å²) in [6.45, 7) is 6.72. The fraction of sp³-hybridized carbons (Fsp3) is 0.385. The molecule has 0 aromatic heterocycles. The van der Waals surface area contributed by atoms with E-state index in [0.29, 0.717) is 17.9 Å². The minimum Gasteiger partial charge on any atom is -0.383 e. The Hall–Kier alpha value is -3.12. The number of hydrogen-bond donors (Lipinski definition) is 1. The first-order chi connectivity index (χ1) is 15.5. The predicted octanol–water partition coefficient (Wildman–Crippen LogP) is 4.13. The van der Waals surface area contributed by atoms with E-state index < -0.39 is 0 Å². The van der Waals surface area contributed by atoms with Crippen LogP contribution in [0.3, 0.4) is 0 Å². The topological polar surface area (TPSA) is 61.9 Å². The Kier molecular flexibility index (Phi) is 6.61. The van der Waals surface area contributed by atoms with Crippen molar-refractivity contribution < 1.29 is 14.3 Å². The van der Waals surface area contributed by atoms with Gasteiger partial charge in [0.05, 0.1) is 18.7 Å². The van der Waals surface area contributed by atoms with E-state index in [4.69, 9.17) is 4.74 Å². The van der Waals surface area contributed by atoms with Gasteiger partial charge in [0.1, 0.15) is 5.70 Å². The van der Waals surface area contributed by atoms with Crippen LogP contribution >= 0.6 is 0 Å². The molecule has 0 spiro atoms. The number of imide groups is 1. The van der Waals surface area contributed by atoms with Gasteiger partial charge in [0.15, 0.2) is 0 Å². The van der Waals surface area contributed by atoms with E-state index in [9.17, 15) is 9.59 Å². The zero-order valence-electron chi connectivity index (χ0n) is 19.1. The molecule has 0 radical (unpaired) electrons. The third kappa shape index (κ3) is 4.41. The van der Waals surface area contributed by atoms with Crippen molar-refractivity contribution in [2.75, 3.05) is 43.6 Å². The molecule has 1 fully saturated rings. The van der Waals surface area contributed by atoms with Gasteiger partial charge >= 0.3 is 0 Å². The highest BCUT2D eigenvalue weighted by Crippen LogP contribution is 2.32. The highest BCUT2D eigenvalue weighted by Gasteiger charge is 2.39. The van der Waals surface area contributed by atoms with Crippen LogP contribution in [0, 0.1) is 13.8 Å². The fourth-order valence-electron chi connectivity index (χ4n) is 4.29. The number of nitrogens with one attached hydrogen (secondary N) is 1. The lowest BCUT2D eigenvalue weighted by Gasteiger charge is -2.28. The molecule has 32 heavy (non-hydrogen) atoms. The first kappa shape index (κ1) is 22.1. The number of amides is 2. The normalized spacial score (nSPS) is 16.8. The predicted molar refractivity (Wildman–Crippen MR) is 128 cm³/mol. The largest absolute Gasteiger partial charge is 0.383 e. The molecule has 0 atom stereocenters. The number of carbonyl (C=O) groups is 2. The molecule has 2 aliphatic heterocycles. The summed E-state index contributed by atoms with van der Waals surface area (Å²) in [5.74, 6) is -0.608. The standard InChI is InChI=1S/C26H31N3O3/c1-18-7-8-20(17-19(18)2)23-24(26(31)29(25(23)30)15-16-32-3)27-21-9-11-22(12-10-21)28-13-5-4-6-14-28/h7-12,17,27H,4-6,13-16H2,1-3H3. The van der Waals surface area contributed by atoms with Gasteiger partial charge in [0, 0.05) is 31.6 Å². The number of carbonyl (C=O) groups excluding carboxylic acids is 2. The second-order valence-electron chi connectivity index (χ2n) is 8.52. The lowest BCUT2D eigenvalue weighted by atomic mass is 9.99. The van der Waals surface area contributed by atoms with Gasteiger partial charge in [-0.25, -0.2) is 0 Å². The molecule has 168 valence electrons. The van der Waals surface area contributed by atoms with Gasteiger partial charge in [-0.1, -0.05) is 18.2 Å². The molecule has 0 aliphatic carbocycles. The molecule has 2 aromatic rings. The van der Waals surface area contributed by atoms with Crippen molar-refractivity contribution in [1.29, 1.82) is 0 Å². The average molecular weight is 434 g/mol. The van der Waals surface area contributed by atoms with Crippen molar-refractivity contribution in [3.8, 4) is 0 Å². The van der Waals surface area contributed by atoms with Crippen LogP contribution in [0.2, 0.25) is 0 Å². The number of aryl methyl sites for hydroxylation is 2. The molecule has 1 saturated heterocycles. The van der Waals surface area contributed by atoms with E-state index in [1.807, 2.05) is 44.2 Å². The van der Waals surface area contributed by atoms with E-state index in [1.54, 1.807) is 7.11 Å². The fourth-order valence-corrected chi connectivity index (χ4v) is 4.29. The van der Waals surface area contributed by atoms with Gasteiger partial charge in [-0.3, -0.25) is 14.5 Å². The number of ether oxygens (including phenoxy) is 1. The van der Waals surface area contributed by atoms with Crippen LogP contribution < -0.4 is 10.2 Å². The van der Waals surface area contributed by atoms with Crippen molar-refractivity contribution in [2.24, 2.45) is 0 Å². The molecule has 6 nitrogen and oxygen atoms in total. The van der Waals surface area contributed by atoms with Crippen molar-refractivity contribution in [1.82, 2.24) is 4.90 Å². The monoisotopic (exact) mass is 433 g/mol. The van der Waals surface area contributed by atoms with E-state index in [1.165, 1.54) is 29.8 Å². The molecule has 2 aromatic carbocycles. The number of piperidine rings is 1. The molecule has 4 rings (SSSR count). The van der Waals surface area contributed by atoms with Gasteiger partial charge in [-0.2, -0.15) is 0 Å². The Labute approximate surface area is 189 Å². The van der Waals surface area contributed by atoms with E-state index in [2.05, 4.69) is 22.3 Å². The summed E-state index contributed by atoms with van der Waals surface area (Å²) in [5, 5.41) is 3.25. The first-order valence-electron chi connectivity index (χ1n) is 11.3. The lowest BCUT2D eigenvalue weighted by Crippen LogP contribution is -2.35. The summed E-state index contributed by atoms with van der Waals surface area (Å²) in [5.41, 5.74) is 5.68. The number of anilines is 2. The second-order valence-corrected chi connectivity index (χ2v) is 8.52. The van der Waals surface area contributed by atoms with Crippen LogP contribution in [0.1, 0.15) is 36.0 Å². The molecular weight excluding hydrogens is 402 g/mol. The van der Waals surface area contributed by atoms with Crippen LogP contribution in [0.5, 0.6) is 0 Å². The van der Waals surface area contributed by atoms with Crippen LogP contribution in [-0.4, -0.2) is 50.1 Å². The molecule has 6 heteroatoms. The Morgan fingerprint density at radius 3 is 2.28 bits per heavy atom. The highest BCUT2D eigenvalue weighted by molar-refractivity contribution is 6.36. The maximum absolute atomic E-state index is 13.2. The van der Waals surface area contributed by atoms with Gasteiger partial charge in [-0.05, 0) is 74.1 Å². The van der Waals surface area contributed by atoms with Crippen molar-refractivity contribution in [3.63, 3.8) is 0 Å². The van der Waals surface area contributed by atoms with Gasteiger partial charge in [-0.15, -0.1) is 0 Å². The molecule has 0 saturated carbocycles. The molecule has 2 aliphatic rings. The first-order valence-corrected chi connectivity index (χ1v) is 11.3. The average Bonchev–Trinajstić information content (AvgIpc) is 3.04. The Bertz CT molecular complexity index is 1040. The Morgan fingerprint density at radius 2 is 1.62 bits per heavy atom. The molecule has 2 heterocycles. The lowest BCUT2D eigenvalue weighted by molar-refractivity contribution is -0.137. The summed E-state index contributed by atoms with van der Waals surface area (Å²) in [7, 11) is 1.56. The molecule has 1 N–H and O–H groups in total. The zero-order valence-corrected chi connectivity index (χ0v) is 19.1. The maximum Gasteiger partial charge on any atom is 0.278 e. The number of benzene rings is 2. The Balaban J connectivity index is 1.65. The minimum atomic E-state index is -0.319. The van der Waals surface area contributed by atoms with E-state index >= 15 is 0 Å². The smallest absolute Gasteiger partial charge is 0.278 e. The zero-order chi connectivity index (χ0) is 22.7. The third-order valence-corrected chi connectivity index (χ3v) is 6.34. The van der Waals surface area contributed by atoms with Gasteiger partial charge in [0.25, 0.3) is 11.8 Å². The number of rotatable bonds is 7. The van der Waals surface area contributed by atoms with E-state index in [-0.39, 0.29) is 18.4 Å². The summed E-state index contributed by atoms with van der Waals surface area (Å²) in [6.07, 6.45) is 3.74. The summed E-state index contributed by atoms with van der Waals surface area (Å²) in [4.78, 5) is 30.1. The van der Waals surface area contributed by atoms with Gasteiger partial charge < -0.3 is 15.0 Å². The maximum atomic E-state index is 13.2. The SMILES string of the molecule is COCCN1C(=O)C(Nc2ccc(N3CCCCC3)cc2)=C(c2ccc(C)c(C)c2)C1=O. The number of nitrogens with zero attached hydrogens (tertiary/aromatic N) is 2. The highest BCUT2D eigenvalue weighted by atomic mass is 16.5. The van der Waals surface area contributed by atoms with E-state index in [0.717, 1.165) is 35.5 Å². The quantitative estimate of drug-likeness (QED) is 0.665. The Morgan fingerprint density at radius 1 is 0.906 bits per heavy atom. The van der Waals surface area contributed by atoms with Crippen LogP contribution in [-0.2, 0) is 14.3 Å². The number of hydrogen-bond acceptors (Lipinski definition) is 5. The summed E-state index contributed by atoms with van der Waals surface area (Å²) >= 11 is 0. The molecule has 0 bridgehead atoms. The minimum absolute atomic E-state index is 0.224. The van der Waals surface area contributed by atoms with Gasteiger partial charge in [0.2, 0.25) is 0 Å². The van der Waals surface area contributed by atoms with Crippen LogP contribution in [0.4, 0.5) is 11.4 Å². The van der Waals surface area contributed by atoms with Crippen molar-refractivity contribution in [3.05, 3.63) is 64.9 Å². The van der Waals surface area contributed by atoms with Crippen molar-refractivity contribution >= 4 is 28.8 Å². The third-order valence-electron chi connectivity index (χ3n) is 6.34. The van der Waals surface area contributed by atoms with Crippen molar-refractivity contribution in [2.45, 2.75) is 33.1 Å². The molecular formula is C26H31N3O3. The van der Waals surface area contributed by atoms with Crippen LogP contribution in [0.15, 0.2) is 48.2 Å². The molecule has 0 unspecified atom stereocenters. The second kappa shape index (κ2) is 9.57. The number of methoxy groups -OCH3 is 1. The summed E-state index contributed by atoms with van der Waals surface area (Å²) < 4.78 is 5.11. The summed E-state index contributed by atoms with van der Waals surface area (Å²) in [6, 6.07) is 14.0. The molecule has 2 amide bonds.